The van der Waals surface area contributed by atoms with E-state index in [0.29, 0.717) is 6.42 Å². The zero-order chi connectivity index (χ0) is 16.3. The molecule has 1 aliphatic heterocycles. The topological polar surface area (TPSA) is 116 Å². The largest absolute Gasteiger partial charge is 0.480 e. The van der Waals surface area contributed by atoms with Gasteiger partial charge in [0.25, 0.3) is 11.8 Å². The van der Waals surface area contributed by atoms with Crippen molar-refractivity contribution in [3.05, 3.63) is 29.8 Å². The fourth-order valence-corrected chi connectivity index (χ4v) is 3.92. The first-order chi connectivity index (χ1) is 10.3. The molecule has 1 aromatic rings. The number of nitrogens with one attached hydrogen (secondary N) is 1. The van der Waals surface area contributed by atoms with Gasteiger partial charge in [-0.1, -0.05) is 12.1 Å². The Morgan fingerprint density at radius 2 is 2.05 bits per heavy atom. The fraction of sp³-hybridized carbons (Fsp3) is 0.429. The van der Waals surface area contributed by atoms with Gasteiger partial charge in [-0.2, -0.15) is 0 Å². The predicted molar refractivity (Wildman–Crippen MR) is 80.3 cm³/mol. The lowest BCUT2D eigenvalue weighted by Crippen LogP contribution is -2.43. The van der Waals surface area contributed by atoms with Crippen LogP contribution in [0.5, 0.6) is 5.75 Å². The van der Waals surface area contributed by atoms with Gasteiger partial charge in [-0.25, -0.2) is 8.42 Å². The molecule has 120 valence electrons. The molecule has 0 aliphatic carbocycles. The maximum absolute atomic E-state index is 12.0. The Kier molecular flexibility index (Phi) is 4.70. The summed E-state index contributed by atoms with van der Waals surface area (Å²) < 4.78 is 28.2. The highest BCUT2D eigenvalue weighted by Gasteiger charge is 2.30. The van der Waals surface area contributed by atoms with Gasteiger partial charge in [0.1, 0.15) is 5.75 Å². The Morgan fingerprint density at radius 1 is 1.36 bits per heavy atom. The molecular weight excluding hydrogens is 308 g/mol. The average Bonchev–Trinajstić information content (AvgIpc) is 2.78. The number of ether oxygens (including phenoxy) is 1. The summed E-state index contributed by atoms with van der Waals surface area (Å²) in [5.74, 6) is -0.829. The van der Waals surface area contributed by atoms with Crippen molar-refractivity contribution in [3.63, 3.8) is 0 Å². The molecule has 0 saturated carbocycles. The third kappa shape index (κ3) is 3.97. The van der Waals surface area contributed by atoms with Crippen LogP contribution in [0.2, 0.25) is 0 Å². The van der Waals surface area contributed by atoms with Crippen LogP contribution in [0.3, 0.4) is 0 Å². The number of carbonyl (C=O) groups excluding carboxylic acids is 2. The summed E-state index contributed by atoms with van der Waals surface area (Å²) >= 11 is 0. The van der Waals surface area contributed by atoms with Crippen molar-refractivity contribution in [3.8, 4) is 5.75 Å². The summed E-state index contributed by atoms with van der Waals surface area (Å²) in [6.07, 6.45) is -0.470. The van der Waals surface area contributed by atoms with Crippen LogP contribution >= 0.6 is 0 Å². The smallest absolute Gasteiger partial charge is 0.261 e. The molecule has 1 heterocycles. The zero-order valence-corrected chi connectivity index (χ0v) is 12.9. The minimum Gasteiger partial charge on any atom is -0.480 e. The van der Waals surface area contributed by atoms with Gasteiger partial charge in [-0.3, -0.25) is 9.59 Å². The first-order valence-electron chi connectivity index (χ1n) is 6.85. The van der Waals surface area contributed by atoms with Gasteiger partial charge in [0.2, 0.25) is 0 Å². The highest BCUT2D eigenvalue weighted by Crippen LogP contribution is 2.19. The average molecular weight is 326 g/mol. The van der Waals surface area contributed by atoms with Crippen LogP contribution < -0.4 is 15.8 Å². The molecule has 0 spiro atoms. The predicted octanol–water partition coefficient (Wildman–Crippen LogP) is -0.144. The van der Waals surface area contributed by atoms with Gasteiger partial charge >= 0.3 is 0 Å². The van der Waals surface area contributed by atoms with Crippen LogP contribution in [0.15, 0.2) is 24.3 Å². The van der Waals surface area contributed by atoms with Crippen molar-refractivity contribution in [2.75, 3.05) is 11.5 Å². The molecule has 0 bridgehead atoms. The van der Waals surface area contributed by atoms with E-state index >= 15 is 0 Å². The van der Waals surface area contributed by atoms with Gasteiger partial charge < -0.3 is 15.8 Å². The number of hydrogen-bond donors (Lipinski definition) is 2. The zero-order valence-electron chi connectivity index (χ0n) is 12.1. The lowest BCUT2D eigenvalue weighted by Gasteiger charge is -2.18. The molecule has 2 amide bonds. The normalized spacial score (nSPS) is 21.0. The van der Waals surface area contributed by atoms with Crippen molar-refractivity contribution in [1.82, 2.24) is 5.32 Å². The summed E-state index contributed by atoms with van der Waals surface area (Å²) in [6.45, 7) is 1.52. The molecule has 1 aliphatic rings. The second-order valence-corrected chi connectivity index (χ2v) is 7.46. The monoisotopic (exact) mass is 326 g/mol. The Hall–Kier alpha value is -2.09. The lowest BCUT2D eigenvalue weighted by molar-refractivity contribution is -0.127. The van der Waals surface area contributed by atoms with Crippen molar-refractivity contribution in [2.45, 2.75) is 25.5 Å². The quantitative estimate of drug-likeness (QED) is 0.781. The van der Waals surface area contributed by atoms with E-state index in [0.717, 1.165) is 0 Å². The molecule has 7 nitrogen and oxygen atoms in total. The van der Waals surface area contributed by atoms with E-state index in [1.165, 1.54) is 13.0 Å². The van der Waals surface area contributed by atoms with Crippen LogP contribution in [0, 0.1) is 0 Å². The standard InChI is InChI=1S/C14H18N2O5S/c1-9(14(18)16-10-6-7-22(19,20)8-10)21-12-5-3-2-4-11(12)13(15)17/h2-5,9-10H,6-8H2,1H3,(H2,15,17)(H,16,18)/t9-,10+/m0/s1. The molecular formula is C14H18N2O5S. The van der Waals surface area contributed by atoms with Crippen LogP contribution in [0.1, 0.15) is 23.7 Å². The third-order valence-electron chi connectivity index (χ3n) is 3.40. The molecule has 2 rings (SSSR count). The van der Waals surface area contributed by atoms with Crippen LogP contribution in [-0.4, -0.2) is 43.9 Å². The van der Waals surface area contributed by atoms with Crippen molar-refractivity contribution < 1.29 is 22.7 Å². The maximum Gasteiger partial charge on any atom is 0.261 e. The number of hydrogen-bond acceptors (Lipinski definition) is 5. The van der Waals surface area contributed by atoms with E-state index in [4.69, 9.17) is 10.5 Å². The number of carbonyl (C=O) groups is 2. The highest BCUT2D eigenvalue weighted by atomic mass is 32.2. The molecule has 0 radical (unpaired) electrons. The van der Waals surface area contributed by atoms with Gasteiger partial charge in [0.15, 0.2) is 15.9 Å². The third-order valence-corrected chi connectivity index (χ3v) is 5.17. The Morgan fingerprint density at radius 3 is 2.64 bits per heavy atom. The number of rotatable bonds is 5. The van der Waals surface area contributed by atoms with E-state index in [2.05, 4.69) is 5.32 Å². The number of primary amides is 1. The van der Waals surface area contributed by atoms with Crippen molar-refractivity contribution >= 4 is 21.7 Å². The van der Waals surface area contributed by atoms with Crippen molar-refractivity contribution in [1.29, 1.82) is 0 Å². The Labute approximate surface area is 128 Å². The van der Waals surface area contributed by atoms with Crippen LogP contribution in [0.25, 0.3) is 0 Å². The summed E-state index contributed by atoms with van der Waals surface area (Å²) in [4.78, 5) is 23.3. The maximum atomic E-state index is 12.0. The highest BCUT2D eigenvalue weighted by molar-refractivity contribution is 7.91. The second kappa shape index (κ2) is 6.35. The molecule has 1 aromatic carbocycles. The van der Waals surface area contributed by atoms with E-state index in [-0.39, 0.29) is 22.8 Å². The number of sulfone groups is 1. The summed E-state index contributed by atoms with van der Waals surface area (Å²) in [5, 5.41) is 2.64. The summed E-state index contributed by atoms with van der Waals surface area (Å²) in [6, 6.07) is 5.96. The molecule has 0 aromatic heterocycles. The summed E-state index contributed by atoms with van der Waals surface area (Å²) in [5.41, 5.74) is 5.43. The number of benzene rings is 1. The molecule has 22 heavy (non-hydrogen) atoms. The number of amides is 2. The Bertz CT molecular complexity index is 686. The van der Waals surface area contributed by atoms with Crippen LogP contribution in [0.4, 0.5) is 0 Å². The Balaban J connectivity index is 1.99. The second-order valence-electron chi connectivity index (χ2n) is 5.23. The summed E-state index contributed by atoms with van der Waals surface area (Å²) in [7, 11) is -3.06. The number of para-hydroxylation sites is 1. The molecule has 3 N–H and O–H groups in total. The minimum absolute atomic E-state index is 0.0522. The van der Waals surface area contributed by atoms with E-state index < -0.39 is 33.8 Å². The minimum atomic E-state index is -3.06. The number of nitrogens with two attached hydrogens (primary N) is 1. The SMILES string of the molecule is C[C@H](Oc1ccccc1C(N)=O)C(=O)N[C@@H]1CCS(=O)(=O)C1. The van der Waals surface area contributed by atoms with Gasteiger partial charge in [-0.05, 0) is 25.5 Å². The molecule has 0 unspecified atom stereocenters. The molecule has 2 atom stereocenters. The van der Waals surface area contributed by atoms with Crippen LogP contribution in [-0.2, 0) is 14.6 Å². The first kappa shape index (κ1) is 16.3. The lowest BCUT2D eigenvalue weighted by atomic mass is 10.2. The van der Waals surface area contributed by atoms with Crippen molar-refractivity contribution in [2.24, 2.45) is 5.73 Å². The first-order valence-corrected chi connectivity index (χ1v) is 8.67. The van der Waals surface area contributed by atoms with Gasteiger partial charge in [-0.15, -0.1) is 0 Å². The molecule has 8 heteroatoms. The van der Waals surface area contributed by atoms with E-state index in [9.17, 15) is 18.0 Å². The van der Waals surface area contributed by atoms with E-state index in [1.54, 1.807) is 18.2 Å². The molecule has 1 saturated heterocycles. The fourth-order valence-electron chi connectivity index (χ4n) is 2.24. The van der Waals surface area contributed by atoms with Gasteiger partial charge in [0.05, 0.1) is 17.1 Å². The van der Waals surface area contributed by atoms with E-state index in [1.807, 2.05) is 0 Å². The molecule has 1 fully saturated rings. The van der Waals surface area contributed by atoms with Gasteiger partial charge in [0, 0.05) is 6.04 Å².